The van der Waals surface area contributed by atoms with Crippen LogP contribution < -0.4 is 20.1 Å². The third kappa shape index (κ3) is 2.60. The summed E-state index contributed by atoms with van der Waals surface area (Å²) in [6.07, 6.45) is 1.58. The normalized spacial score (nSPS) is 16.2. The molecule has 7 heteroatoms. The van der Waals surface area contributed by atoms with Crippen molar-refractivity contribution in [3.8, 4) is 17.2 Å². The average molecular weight is 280 g/mol. The van der Waals surface area contributed by atoms with Gasteiger partial charge in [0.1, 0.15) is 5.70 Å². The molecule has 0 aliphatic carbocycles. The van der Waals surface area contributed by atoms with Crippen molar-refractivity contribution in [3.05, 3.63) is 23.4 Å². The highest BCUT2D eigenvalue weighted by Crippen LogP contribution is 2.37. The van der Waals surface area contributed by atoms with Gasteiger partial charge in [0.05, 0.1) is 14.2 Å². The summed E-state index contributed by atoms with van der Waals surface area (Å²) in [5.41, 5.74) is 0.952. The summed E-state index contributed by atoms with van der Waals surface area (Å²) in [5.74, 6) is 0.113. The lowest BCUT2D eigenvalue weighted by atomic mass is 10.1. The van der Waals surface area contributed by atoms with Crippen LogP contribution in [0.1, 0.15) is 5.56 Å². The molecule has 0 bridgehead atoms. The van der Waals surface area contributed by atoms with Gasteiger partial charge in [-0.3, -0.25) is 10.1 Å². The van der Waals surface area contributed by atoms with E-state index in [2.05, 4.69) is 10.6 Å². The van der Waals surface area contributed by atoms with E-state index in [0.717, 1.165) is 0 Å². The minimum atomic E-state index is -0.309. The second-order valence-electron chi connectivity index (χ2n) is 3.74. The van der Waals surface area contributed by atoms with Crippen LogP contribution in [0.4, 0.5) is 0 Å². The Hall–Kier alpha value is -2.28. The van der Waals surface area contributed by atoms with E-state index in [1.807, 2.05) is 0 Å². The van der Waals surface area contributed by atoms with Gasteiger partial charge >= 0.3 is 0 Å². The van der Waals surface area contributed by atoms with Crippen LogP contribution in [-0.4, -0.2) is 30.3 Å². The van der Waals surface area contributed by atoms with Gasteiger partial charge in [0.2, 0.25) is 5.75 Å². The first-order valence-corrected chi connectivity index (χ1v) is 5.75. The van der Waals surface area contributed by atoms with Crippen LogP contribution in [0.2, 0.25) is 0 Å². The highest BCUT2D eigenvalue weighted by Gasteiger charge is 2.20. The number of methoxy groups -OCH3 is 2. The summed E-state index contributed by atoms with van der Waals surface area (Å²) in [7, 11) is 2.86. The maximum atomic E-state index is 11.5. The lowest BCUT2D eigenvalue weighted by Gasteiger charge is -2.09. The van der Waals surface area contributed by atoms with Crippen molar-refractivity contribution in [1.29, 1.82) is 0 Å². The summed E-state index contributed by atoms with van der Waals surface area (Å²) in [6.45, 7) is 0. The van der Waals surface area contributed by atoms with Crippen molar-refractivity contribution in [2.45, 2.75) is 0 Å². The number of hydrogen-bond acceptors (Lipinski definition) is 5. The summed E-state index contributed by atoms with van der Waals surface area (Å²) in [4.78, 5) is 11.5. The van der Waals surface area contributed by atoms with Gasteiger partial charge < -0.3 is 19.9 Å². The van der Waals surface area contributed by atoms with Crippen LogP contribution in [0, 0.1) is 0 Å². The maximum Gasteiger partial charge on any atom is 0.273 e. The third-order valence-corrected chi connectivity index (χ3v) is 2.74. The van der Waals surface area contributed by atoms with Gasteiger partial charge in [-0.15, -0.1) is 0 Å². The second kappa shape index (κ2) is 5.15. The molecule has 1 aliphatic rings. The largest absolute Gasteiger partial charge is 0.502 e. The van der Waals surface area contributed by atoms with E-state index in [0.29, 0.717) is 11.3 Å². The van der Waals surface area contributed by atoms with E-state index >= 15 is 0 Å². The molecule has 1 saturated heterocycles. The molecule has 0 unspecified atom stereocenters. The Morgan fingerprint density at radius 2 is 1.79 bits per heavy atom. The van der Waals surface area contributed by atoms with E-state index in [-0.39, 0.29) is 28.3 Å². The standard InChI is InChI=1S/C12H12N2O4S/c1-17-8-4-6(5-9(18-2)10(8)15)3-7-11(16)14-12(19)13-7/h3-5,15H,1-2H3,(H2,13,14,16,19). The third-order valence-electron chi connectivity index (χ3n) is 2.53. The van der Waals surface area contributed by atoms with Gasteiger partial charge in [0.25, 0.3) is 5.91 Å². The molecule has 6 nitrogen and oxygen atoms in total. The molecule has 1 aliphatic heterocycles. The van der Waals surface area contributed by atoms with Crippen LogP contribution in [0.3, 0.4) is 0 Å². The van der Waals surface area contributed by atoms with E-state index in [4.69, 9.17) is 21.7 Å². The predicted octanol–water partition coefficient (Wildman–Crippen LogP) is 0.755. The number of nitrogens with one attached hydrogen (secondary N) is 2. The second-order valence-corrected chi connectivity index (χ2v) is 4.15. The summed E-state index contributed by atoms with van der Waals surface area (Å²) in [5, 5.41) is 15.2. The Labute approximate surface area is 115 Å². The number of thiocarbonyl (C=S) groups is 1. The zero-order chi connectivity index (χ0) is 14.0. The van der Waals surface area contributed by atoms with Crippen LogP contribution in [0.25, 0.3) is 6.08 Å². The Kier molecular flexibility index (Phi) is 3.57. The smallest absolute Gasteiger partial charge is 0.273 e. The van der Waals surface area contributed by atoms with Crippen LogP contribution in [-0.2, 0) is 4.79 Å². The molecule has 1 aromatic carbocycles. The summed E-state index contributed by atoms with van der Waals surface area (Å²) in [6, 6.07) is 3.17. The summed E-state index contributed by atoms with van der Waals surface area (Å²) >= 11 is 4.83. The van der Waals surface area contributed by atoms with Crippen molar-refractivity contribution in [3.63, 3.8) is 0 Å². The number of aromatic hydroxyl groups is 1. The van der Waals surface area contributed by atoms with E-state index in [9.17, 15) is 9.90 Å². The minimum Gasteiger partial charge on any atom is -0.502 e. The van der Waals surface area contributed by atoms with Gasteiger partial charge in [-0.25, -0.2) is 0 Å². The molecule has 100 valence electrons. The van der Waals surface area contributed by atoms with Gasteiger partial charge in [-0.2, -0.15) is 0 Å². The molecular formula is C12H12N2O4S. The topological polar surface area (TPSA) is 79.8 Å². The number of ether oxygens (including phenoxy) is 2. The highest BCUT2D eigenvalue weighted by atomic mass is 32.1. The zero-order valence-corrected chi connectivity index (χ0v) is 11.1. The number of amides is 1. The van der Waals surface area contributed by atoms with Gasteiger partial charge in [0.15, 0.2) is 16.6 Å². The first-order valence-electron chi connectivity index (χ1n) is 5.34. The van der Waals surface area contributed by atoms with E-state index < -0.39 is 0 Å². The number of benzene rings is 1. The first-order chi connectivity index (χ1) is 9.05. The molecule has 1 heterocycles. The Bertz CT molecular complexity index is 558. The van der Waals surface area contributed by atoms with E-state index in [1.54, 1.807) is 18.2 Å². The number of phenols is 1. The molecule has 3 N–H and O–H groups in total. The number of phenolic OH excluding ortho intramolecular Hbond substituents is 1. The van der Waals surface area contributed by atoms with Crippen molar-refractivity contribution < 1.29 is 19.4 Å². The van der Waals surface area contributed by atoms with Gasteiger partial charge in [-0.05, 0) is 36.0 Å². The first kappa shape index (κ1) is 13.2. The molecular weight excluding hydrogens is 268 g/mol. The molecule has 1 fully saturated rings. The fraction of sp³-hybridized carbons (Fsp3) is 0.167. The fourth-order valence-corrected chi connectivity index (χ4v) is 1.85. The molecule has 1 aromatic rings. The van der Waals surface area contributed by atoms with Crippen LogP contribution in [0.5, 0.6) is 17.2 Å². The van der Waals surface area contributed by atoms with Crippen molar-refractivity contribution in [2.24, 2.45) is 0 Å². The Morgan fingerprint density at radius 1 is 1.21 bits per heavy atom. The number of carbonyl (C=O) groups excluding carboxylic acids is 1. The lowest BCUT2D eigenvalue weighted by molar-refractivity contribution is -0.115. The molecule has 0 radical (unpaired) electrons. The Balaban J connectivity index is 2.43. The zero-order valence-electron chi connectivity index (χ0n) is 10.3. The monoisotopic (exact) mass is 280 g/mol. The van der Waals surface area contributed by atoms with Crippen molar-refractivity contribution >= 4 is 29.3 Å². The summed E-state index contributed by atoms with van der Waals surface area (Å²) < 4.78 is 10.1. The quantitative estimate of drug-likeness (QED) is 0.560. The number of carbonyl (C=O) groups is 1. The molecule has 0 atom stereocenters. The fourth-order valence-electron chi connectivity index (χ4n) is 1.65. The molecule has 0 saturated carbocycles. The predicted molar refractivity (Wildman–Crippen MR) is 73.1 cm³/mol. The number of hydrogen-bond donors (Lipinski definition) is 3. The Morgan fingerprint density at radius 3 is 2.21 bits per heavy atom. The molecule has 19 heavy (non-hydrogen) atoms. The van der Waals surface area contributed by atoms with Gasteiger partial charge in [-0.1, -0.05) is 0 Å². The van der Waals surface area contributed by atoms with E-state index in [1.165, 1.54) is 14.2 Å². The SMILES string of the molecule is COc1cc(C=C2NC(=S)NC2=O)cc(OC)c1O. The molecule has 2 rings (SSSR count). The van der Waals surface area contributed by atoms with Crippen molar-refractivity contribution in [2.75, 3.05) is 14.2 Å². The van der Waals surface area contributed by atoms with Crippen LogP contribution in [0.15, 0.2) is 17.8 Å². The average Bonchev–Trinajstić information content (AvgIpc) is 2.69. The maximum absolute atomic E-state index is 11.5. The highest BCUT2D eigenvalue weighted by molar-refractivity contribution is 7.80. The minimum absolute atomic E-state index is 0.0912. The molecule has 0 spiro atoms. The van der Waals surface area contributed by atoms with Crippen LogP contribution >= 0.6 is 12.2 Å². The van der Waals surface area contributed by atoms with Gasteiger partial charge in [0, 0.05) is 0 Å². The molecule has 0 aromatic heterocycles. The van der Waals surface area contributed by atoms with Crippen molar-refractivity contribution in [1.82, 2.24) is 10.6 Å². The number of rotatable bonds is 3. The lowest BCUT2D eigenvalue weighted by Crippen LogP contribution is -2.21. The molecule has 1 amide bonds.